The van der Waals surface area contributed by atoms with Crippen LogP contribution in [-0.2, 0) is 11.2 Å². The van der Waals surface area contributed by atoms with Gasteiger partial charge in [-0.1, -0.05) is 0 Å². The zero-order chi connectivity index (χ0) is 14.7. The Labute approximate surface area is 125 Å². The Morgan fingerprint density at radius 3 is 2.62 bits per heavy atom. The summed E-state index contributed by atoms with van der Waals surface area (Å²) in [5.41, 5.74) is 1.20. The van der Waals surface area contributed by atoms with Crippen LogP contribution in [0.4, 0.5) is 4.79 Å². The van der Waals surface area contributed by atoms with E-state index in [1.165, 1.54) is 18.4 Å². The molecule has 5 nitrogen and oxygen atoms in total. The van der Waals surface area contributed by atoms with Crippen molar-refractivity contribution in [2.45, 2.75) is 25.4 Å². The maximum absolute atomic E-state index is 12.3. The highest BCUT2D eigenvalue weighted by atomic mass is 16.5. The molecule has 2 fully saturated rings. The molecule has 114 valence electrons. The summed E-state index contributed by atoms with van der Waals surface area (Å²) in [5.74, 6) is 1.03. The van der Waals surface area contributed by atoms with E-state index in [0.29, 0.717) is 24.5 Å². The Balaban J connectivity index is 1.46. The van der Waals surface area contributed by atoms with Gasteiger partial charge in [0.15, 0.2) is 0 Å². The average Bonchev–Trinajstić information content (AvgIpc) is 2.76. The van der Waals surface area contributed by atoms with E-state index < -0.39 is 0 Å². The molecular formula is C16H23N3O2. The number of ether oxygens (including phenoxy) is 1. The molecule has 1 aromatic rings. The molecule has 1 saturated heterocycles. The van der Waals surface area contributed by atoms with Gasteiger partial charge < -0.3 is 15.0 Å². The van der Waals surface area contributed by atoms with Crippen LogP contribution in [-0.4, -0.2) is 48.8 Å². The Morgan fingerprint density at radius 2 is 2.00 bits per heavy atom. The minimum absolute atomic E-state index is 0.0653. The first-order valence-corrected chi connectivity index (χ1v) is 7.72. The number of piperidine rings is 1. The van der Waals surface area contributed by atoms with Crippen molar-refractivity contribution in [2.75, 3.05) is 26.7 Å². The van der Waals surface area contributed by atoms with Gasteiger partial charge in [0.2, 0.25) is 0 Å². The zero-order valence-electron chi connectivity index (χ0n) is 12.5. The van der Waals surface area contributed by atoms with Crippen LogP contribution in [0, 0.1) is 11.8 Å². The van der Waals surface area contributed by atoms with Crippen LogP contribution in [0.1, 0.15) is 18.4 Å². The molecule has 2 bridgehead atoms. The SMILES string of the molecule is COC1C2CCC1CN(C(=O)NCCc1ccncc1)C2. The normalized spacial score (nSPS) is 27.7. The Morgan fingerprint density at radius 1 is 1.33 bits per heavy atom. The average molecular weight is 289 g/mol. The monoisotopic (exact) mass is 289 g/mol. The maximum Gasteiger partial charge on any atom is 0.317 e. The number of pyridine rings is 1. The fourth-order valence-corrected chi connectivity index (χ4v) is 3.70. The number of carbonyl (C=O) groups is 1. The van der Waals surface area contributed by atoms with Crippen molar-refractivity contribution < 1.29 is 9.53 Å². The smallest absolute Gasteiger partial charge is 0.317 e. The third-order valence-electron chi connectivity index (χ3n) is 4.75. The van der Waals surface area contributed by atoms with Gasteiger partial charge >= 0.3 is 6.03 Å². The minimum atomic E-state index is 0.0653. The summed E-state index contributed by atoms with van der Waals surface area (Å²) in [4.78, 5) is 18.2. The van der Waals surface area contributed by atoms with Gasteiger partial charge in [0.25, 0.3) is 0 Å². The van der Waals surface area contributed by atoms with E-state index in [1.807, 2.05) is 17.0 Å². The number of nitrogens with one attached hydrogen (secondary N) is 1. The topological polar surface area (TPSA) is 54.5 Å². The number of hydrogen-bond acceptors (Lipinski definition) is 3. The van der Waals surface area contributed by atoms with Crippen molar-refractivity contribution in [3.63, 3.8) is 0 Å². The first-order chi connectivity index (χ1) is 10.3. The molecule has 21 heavy (non-hydrogen) atoms. The van der Waals surface area contributed by atoms with Crippen LogP contribution in [0.2, 0.25) is 0 Å². The number of hydrogen-bond donors (Lipinski definition) is 1. The zero-order valence-corrected chi connectivity index (χ0v) is 12.5. The van der Waals surface area contributed by atoms with Gasteiger partial charge in [0, 0.05) is 51.0 Å². The van der Waals surface area contributed by atoms with Crippen LogP contribution < -0.4 is 5.32 Å². The van der Waals surface area contributed by atoms with Crippen molar-refractivity contribution in [1.82, 2.24) is 15.2 Å². The Hall–Kier alpha value is -1.62. The number of rotatable bonds is 4. The van der Waals surface area contributed by atoms with Crippen molar-refractivity contribution in [3.8, 4) is 0 Å². The van der Waals surface area contributed by atoms with Crippen LogP contribution in [0.25, 0.3) is 0 Å². The summed E-state index contributed by atoms with van der Waals surface area (Å²) in [7, 11) is 1.79. The molecule has 0 radical (unpaired) electrons. The first-order valence-electron chi connectivity index (χ1n) is 7.72. The van der Waals surface area contributed by atoms with E-state index in [4.69, 9.17) is 4.74 Å². The van der Waals surface area contributed by atoms with Gasteiger partial charge in [-0.05, 0) is 37.0 Å². The molecule has 2 heterocycles. The molecule has 1 aromatic heterocycles. The highest BCUT2D eigenvalue weighted by Gasteiger charge is 2.43. The number of methoxy groups -OCH3 is 1. The number of amides is 2. The van der Waals surface area contributed by atoms with Crippen LogP contribution >= 0.6 is 0 Å². The number of urea groups is 1. The van der Waals surface area contributed by atoms with E-state index in [2.05, 4.69) is 10.3 Å². The Kier molecular flexibility index (Phi) is 4.39. The lowest BCUT2D eigenvalue weighted by atomic mass is 9.95. The Bertz CT molecular complexity index is 466. The molecule has 0 spiro atoms. The van der Waals surface area contributed by atoms with Gasteiger partial charge in [-0.2, -0.15) is 0 Å². The van der Waals surface area contributed by atoms with E-state index in [9.17, 15) is 4.79 Å². The predicted octanol–water partition coefficient (Wildman–Crippen LogP) is 1.69. The molecule has 5 heteroatoms. The van der Waals surface area contributed by atoms with Gasteiger partial charge in [-0.15, -0.1) is 0 Å². The second kappa shape index (κ2) is 6.43. The third kappa shape index (κ3) is 3.18. The second-order valence-electron chi connectivity index (χ2n) is 6.04. The number of aromatic nitrogens is 1. The summed E-state index contributed by atoms with van der Waals surface area (Å²) in [6.07, 6.45) is 7.13. The fraction of sp³-hybridized carbons (Fsp3) is 0.625. The summed E-state index contributed by atoms with van der Waals surface area (Å²) in [5, 5.41) is 3.03. The molecule has 1 saturated carbocycles. The highest BCUT2D eigenvalue weighted by molar-refractivity contribution is 5.74. The van der Waals surface area contributed by atoms with Gasteiger partial charge in [-0.25, -0.2) is 4.79 Å². The molecule has 1 aliphatic heterocycles. The maximum atomic E-state index is 12.3. The van der Waals surface area contributed by atoms with Crippen molar-refractivity contribution in [3.05, 3.63) is 30.1 Å². The fourth-order valence-electron chi connectivity index (χ4n) is 3.70. The van der Waals surface area contributed by atoms with E-state index in [1.54, 1.807) is 19.5 Å². The molecule has 1 aliphatic carbocycles. The standard InChI is InChI=1S/C16H23N3O2/c1-21-15-13-2-3-14(15)11-19(10-13)16(20)18-9-6-12-4-7-17-8-5-12/h4-5,7-8,13-15H,2-3,6,9-11H2,1H3,(H,18,20). The first kappa shape index (κ1) is 14.3. The number of carbonyl (C=O) groups excluding carboxylic acids is 1. The van der Waals surface area contributed by atoms with Crippen LogP contribution in [0.3, 0.4) is 0 Å². The predicted molar refractivity (Wildman–Crippen MR) is 79.9 cm³/mol. The van der Waals surface area contributed by atoms with E-state index >= 15 is 0 Å². The molecule has 2 unspecified atom stereocenters. The van der Waals surface area contributed by atoms with Crippen molar-refractivity contribution >= 4 is 6.03 Å². The third-order valence-corrected chi connectivity index (χ3v) is 4.75. The highest BCUT2D eigenvalue weighted by Crippen LogP contribution is 2.38. The molecule has 2 aliphatic rings. The van der Waals surface area contributed by atoms with E-state index in [-0.39, 0.29) is 6.03 Å². The molecule has 0 aromatic carbocycles. The number of likely N-dealkylation sites (tertiary alicyclic amines) is 1. The van der Waals surface area contributed by atoms with E-state index in [0.717, 1.165) is 19.5 Å². The molecule has 2 atom stereocenters. The summed E-state index contributed by atoms with van der Waals surface area (Å²) >= 11 is 0. The summed E-state index contributed by atoms with van der Waals surface area (Å²) < 4.78 is 5.58. The largest absolute Gasteiger partial charge is 0.381 e. The summed E-state index contributed by atoms with van der Waals surface area (Å²) in [6.45, 7) is 2.33. The lowest BCUT2D eigenvalue weighted by Gasteiger charge is -2.37. The number of nitrogens with zero attached hydrogens (tertiary/aromatic N) is 2. The molecule has 3 rings (SSSR count). The molecule has 1 N–H and O–H groups in total. The summed E-state index contributed by atoms with van der Waals surface area (Å²) in [6, 6.07) is 4.03. The molecule has 2 amide bonds. The molecular weight excluding hydrogens is 266 g/mol. The quantitative estimate of drug-likeness (QED) is 0.917. The van der Waals surface area contributed by atoms with Gasteiger partial charge in [-0.3, -0.25) is 4.98 Å². The van der Waals surface area contributed by atoms with Gasteiger partial charge in [0.1, 0.15) is 0 Å². The second-order valence-corrected chi connectivity index (χ2v) is 6.04. The lowest BCUT2D eigenvalue weighted by Crippen LogP contribution is -2.51. The van der Waals surface area contributed by atoms with Crippen LogP contribution in [0.5, 0.6) is 0 Å². The van der Waals surface area contributed by atoms with Crippen molar-refractivity contribution in [2.24, 2.45) is 11.8 Å². The van der Waals surface area contributed by atoms with Crippen molar-refractivity contribution in [1.29, 1.82) is 0 Å². The lowest BCUT2D eigenvalue weighted by molar-refractivity contribution is -0.00503. The van der Waals surface area contributed by atoms with Gasteiger partial charge in [0.05, 0.1) is 6.10 Å². The number of fused-ring (bicyclic) bond motifs is 2. The van der Waals surface area contributed by atoms with Crippen LogP contribution in [0.15, 0.2) is 24.5 Å². The minimum Gasteiger partial charge on any atom is -0.381 e.